The third-order valence-corrected chi connectivity index (χ3v) is 7.44. The molecular formula is C30H48N6. The summed E-state index contributed by atoms with van der Waals surface area (Å²) in [6.45, 7) is 20.3. The maximum atomic E-state index is 4.75. The van der Waals surface area contributed by atoms with E-state index < -0.39 is 0 Å². The standard InChI is InChI=1S/C30H48N6/c1-7-35(8-2)21-11-13-23(5)33-27-17-19-31-29-25(27)15-16-26-28(18-20-32-30(26)29)34-24(6)14-12-22-36(9-3)10-4/h15-20,23-24H,7-14,21-22H2,1-6H3,(H,31,33)(H,32,34)/t23-,24-/m1/s1. The number of nitrogens with zero attached hydrogens (tertiary/aromatic N) is 4. The lowest BCUT2D eigenvalue weighted by atomic mass is 10.1. The van der Waals surface area contributed by atoms with Crippen molar-refractivity contribution in [3.63, 3.8) is 0 Å². The molecule has 2 atom stereocenters. The van der Waals surface area contributed by atoms with Crippen molar-refractivity contribution in [2.45, 2.75) is 79.3 Å². The molecule has 0 aliphatic heterocycles. The van der Waals surface area contributed by atoms with Gasteiger partial charge in [-0.25, -0.2) is 0 Å². The van der Waals surface area contributed by atoms with E-state index in [0.29, 0.717) is 12.1 Å². The summed E-state index contributed by atoms with van der Waals surface area (Å²) in [7, 11) is 0. The van der Waals surface area contributed by atoms with Crippen LogP contribution in [0.4, 0.5) is 11.4 Å². The van der Waals surface area contributed by atoms with Crippen LogP contribution in [0.25, 0.3) is 21.8 Å². The Morgan fingerprint density at radius 3 is 1.39 bits per heavy atom. The number of pyridine rings is 2. The fourth-order valence-electron chi connectivity index (χ4n) is 5.08. The fraction of sp³-hybridized carbons (Fsp3) is 0.600. The van der Waals surface area contributed by atoms with Gasteiger partial charge in [-0.1, -0.05) is 27.7 Å². The Kier molecular flexibility index (Phi) is 11.2. The molecule has 36 heavy (non-hydrogen) atoms. The lowest BCUT2D eigenvalue weighted by Gasteiger charge is -2.21. The van der Waals surface area contributed by atoms with Crippen LogP contribution in [0.3, 0.4) is 0 Å². The highest BCUT2D eigenvalue weighted by molar-refractivity contribution is 6.10. The average molecular weight is 493 g/mol. The number of hydrogen-bond acceptors (Lipinski definition) is 6. The highest BCUT2D eigenvalue weighted by Gasteiger charge is 2.13. The number of aromatic nitrogens is 2. The first-order chi connectivity index (χ1) is 17.5. The number of benzene rings is 1. The van der Waals surface area contributed by atoms with Gasteiger partial charge < -0.3 is 20.4 Å². The van der Waals surface area contributed by atoms with Crippen LogP contribution in [0.2, 0.25) is 0 Å². The number of fused-ring (bicyclic) bond motifs is 3. The Labute approximate surface area is 218 Å². The second kappa shape index (κ2) is 14.3. The summed E-state index contributed by atoms with van der Waals surface area (Å²) < 4.78 is 0. The lowest BCUT2D eigenvalue weighted by Crippen LogP contribution is -2.25. The van der Waals surface area contributed by atoms with Crippen LogP contribution in [0.15, 0.2) is 36.7 Å². The van der Waals surface area contributed by atoms with Crippen LogP contribution in [0.1, 0.15) is 67.2 Å². The predicted molar refractivity (Wildman–Crippen MR) is 157 cm³/mol. The first kappa shape index (κ1) is 28.1. The molecule has 2 aromatic heterocycles. The smallest absolute Gasteiger partial charge is 0.0986 e. The first-order valence-electron chi connectivity index (χ1n) is 14.1. The van der Waals surface area contributed by atoms with E-state index in [1.54, 1.807) is 0 Å². The van der Waals surface area contributed by atoms with Crippen LogP contribution in [0.5, 0.6) is 0 Å². The fourth-order valence-corrected chi connectivity index (χ4v) is 5.08. The zero-order valence-electron chi connectivity index (χ0n) is 23.5. The summed E-state index contributed by atoms with van der Waals surface area (Å²) in [4.78, 5) is 14.5. The largest absolute Gasteiger partial charge is 0.382 e. The van der Waals surface area contributed by atoms with E-state index in [2.05, 4.69) is 86.2 Å². The second-order valence-corrected chi connectivity index (χ2v) is 10.0. The summed E-state index contributed by atoms with van der Waals surface area (Å²) in [5.41, 5.74) is 4.21. The molecule has 198 valence electrons. The molecule has 0 spiro atoms. The molecule has 0 fully saturated rings. The number of rotatable bonds is 16. The van der Waals surface area contributed by atoms with Crippen molar-refractivity contribution in [3.8, 4) is 0 Å². The van der Waals surface area contributed by atoms with Gasteiger partial charge in [-0.3, -0.25) is 9.97 Å². The summed E-state index contributed by atoms with van der Waals surface area (Å²) in [6.07, 6.45) is 8.50. The lowest BCUT2D eigenvalue weighted by molar-refractivity contribution is 0.295. The highest BCUT2D eigenvalue weighted by Crippen LogP contribution is 2.32. The quantitative estimate of drug-likeness (QED) is 0.219. The number of nitrogens with one attached hydrogen (secondary N) is 2. The number of anilines is 2. The topological polar surface area (TPSA) is 56.3 Å². The molecule has 0 saturated carbocycles. The molecule has 0 unspecified atom stereocenters. The monoisotopic (exact) mass is 492 g/mol. The summed E-state index contributed by atoms with van der Waals surface area (Å²) in [5, 5.41) is 9.76. The Morgan fingerprint density at radius 1 is 0.639 bits per heavy atom. The van der Waals surface area contributed by atoms with Gasteiger partial charge >= 0.3 is 0 Å². The third kappa shape index (κ3) is 7.53. The van der Waals surface area contributed by atoms with Crippen molar-refractivity contribution >= 4 is 33.2 Å². The van der Waals surface area contributed by atoms with Crippen molar-refractivity contribution in [3.05, 3.63) is 36.7 Å². The van der Waals surface area contributed by atoms with Crippen molar-refractivity contribution < 1.29 is 0 Å². The Hall–Kier alpha value is -2.44. The molecule has 0 aliphatic carbocycles. The van der Waals surface area contributed by atoms with Gasteiger partial charge in [0.25, 0.3) is 0 Å². The van der Waals surface area contributed by atoms with Gasteiger partial charge in [-0.05, 0) is 103 Å². The SMILES string of the molecule is CCN(CC)CCC[C@@H](C)Nc1ccnc2c1ccc1c(N[C@H](C)CCCN(CC)CC)ccnc12. The maximum absolute atomic E-state index is 4.75. The molecule has 0 aliphatic rings. The minimum atomic E-state index is 0.403. The third-order valence-electron chi connectivity index (χ3n) is 7.44. The molecule has 3 rings (SSSR count). The van der Waals surface area contributed by atoms with Gasteiger partial charge in [0.1, 0.15) is 0 Å². The van der Waals surface area contributed by atoms with Crippen LogP contribution in [-0.2, 0) is 0 Å². The molecule has 2 heterocycles. The average Bonchev–Trinajstić information content (AvgIpc) is 2.89. The van der Waals surface area contributed by atoms with Crippen molar-refractivity contribution in [2.75, 3.05) is 49.9 Å². The summed E-state index contributed by atoms with van der Waals surface area (Å²) >= 11 is 0. The van der Waals surface area contributed by atoms with E-state index in [9.17, 15) is 0 Å². The van der Waals surface area contributed by atoms with Gasteiger partial charge in [-0.15, -0.1) is 0 Å². The molecule has 1 aromatic carbocycles. The van der Waals surface area contributed by atoms with Crippen LogP contribution in [0, 0.1) is 0 Å². The molecule has 0 bridgehead atoms. The van der Waals surface area contributed by atoms with Gasteiger partial charge in [0, 0.05) is 46.6 Å². The predicted octanol–water partition coefficient (Wildman–Crippen LogP) is 6.63. The zero-order chi connectivity index (χ0) is 25.9. The highest BCUT2D eigenvalue weighted by atomic mass is 15.1. The summed E-state index contributed by atoms with van der Waals surface area (Å²) in [5.74, 6) is 0. The molecule has 6 heteroatoms. The minimum Gasteiger partial charge on any atom is -0.382 e. The number of hydrogen-bond donors (Lipinski definition) is 2. The minimum absolute atomic E-state index is 0.403. The summed E-state index contributed by atoms with van der Waals surface area (Å²) in [6, 6.07) is 9.39. The van der Waals surface area contributed by atoms with Crippen LogP contribution >= 0.6 is 0 Å². The van der Waals surface area contributed by atoms with E-state index in [-0.39, 0.29) is 0 Å². The van der Waals surface area contributed by atoms with E-state index in [1.807, 2.05) is 12.4 Å². The van der Waals surface area contributed by atoms with Gasteiger partial charge in [0.15, 0.2) is 0 Å². The van der Waals surface area contributed by atoms with Gasteiger partial charge in [0.05, 0.1) is 11.0 Å². The molecular weight excluding hydrogens is 444 g/mol. The van der Waals surface area contributed by atoms with E-state index >= 15 is 0 Å². The maximum Gasteiger partial charge on any atom is 0.0986 e. The van der Waals surface area contributed by atoms with E-state index in [0.717, 1.165) is 85.3 Å². The normalized spacial score (nSPS) is 13.6. The van der Waals surface area contributed by atoms with Crippen molar-refractivity contribution in [1.29, 1.82) is 0 Å². The molecule has 0 saturated heterocycles. The zero-order valence-corrected chi connectivity index (χ0v) is 23.5. The van der Waals surface area contributed by atoms with Gasteiger partial charge in [0.2, 0.25) is 0 Å². The van der Waals surface area contributed by atoms with Crippen molar-refractivity contribution in [2.24, 2.45) is 0 Å². The molecule has 2 N–H and O–H groups in total. The van der Waals surface area contributed by atoms with Crippen LogP contribution < -0.4 is 10.6 Å². The van der Waals surface area contributed by atoms with Crippen LogP contribution in [-0.4, -0.2) is 71.1 Å². The molecule has 0 radical (unpaired) electrons. The molecule has 0 amide bonds. The first-order valence-corrected chi connectivity index (χ1v) is 14.1. The Balaban J connectivity index is 1.71. The molecule has 3 aromatic rings. The second-order valence-electron chi connectivity index (χ2n) is 10.0. The van der Waals surface area contributed by atoms with Crippen molar-refractivity contribution in [1.82, 2.24) is 19.8 Å². The van der Waals surface area contributed by atoms with E-state index in [4.69, 9.17) is 9.97 Å². The van der Waals surface area contributed by atoms with Gasteiger partial charge in [-0.2, -0.15) is 0 Å². The van der Waals surface area contributed by atoms with E-state index in [1.165, 1.54) is 12.8 Å². The Bertz CT molecular complexity index is 975. The molecule has 6 nitrogen and oxygen atoms in total. The Morgan fingerprint density at radius 2 is 1.03 bits per heavy atom.